The van der Waals surface area contributed by atoms with E-state index in [0.29, 0.717) is 29.5 Å². The number of benzene rings is 2. The molecule has 0 bridgehead atoms. The first-order chi connectivity index (χ1) is 14.9. The topological polar surface area (TPSA) is 68.3 Å². The van der Waals surface area contributed by atoms with Gasteiger partial charge < -0.3 is 20.1 Å². The van der Waals surface area contributed by atoms with Crippen LogP contribution in [0.2, 0.25) is 0 Å². The van der Waals surface area contributed by atoms with Crippen LogP contribution in [0, 0.1) is 0 Å². The van der Waals surface area contributed by atoms with Crippen molar-refractivity contribution in [3.63, 3.8) is 0 Å². The van der Waals surface area contributed by atoms with Gasteiger partial charge in [0.15, 0.2) is 0 Å². The molecule has 0 spiro atoms. The second-order valence-corrected chi connectivity index (χ2v) is 6.63. The van der Waals surface area contributed by atoms with E-state index in [2.05, 4.69) is 27.5 Å². The predicted octanol–water partition coefficient (Wildman–Crippen LogP) is 6.17. The van der Waals surface area contributed by atoms with Crippen molar-refractivity contribution in [3.8, 4) is 11.5 Å². The van der Waals surface area contributed by atoms with Crippen molar-refractivity contribution >= 4 is 23.1 Å². The van der Waals surface area contributed by atoms with Crippen molar-refractivity contribution in [1.82, 2.24) is 9.97 Å². The SMILES string of the molecule is CCCCOc1ccc(Nc2ncc(C(F)(F)F)c(Nc3ccccc3OC)n2)cc1. The molecule has 164 valence electrons. The first-order valence-corrected chi connectivity index (χ1v) is 9.75. The average Bonchev–Trinajstić information content (AvgIpc) is 2.75. The summed E-state index contributed by atoms with van der Waals surface area (Å²) in [5.74, 6) is 0.743. The monoisotopic (exact) mass is 432 g/mol. The highest BCUT2D eigenvalue weighted by Crippen LogP contribution is 2.37. The number of anilines is 4. The number of hydrogen-bond donors (Lipinski definition) is 2. The van der Waals surface area contributed by atoms with Gasteiger partial charge in [-0.05, 0) is 42.8 Å². The molecule has 1 aromatic heterocycles. The number of para-hydroxylation sites is 2. The maximum absolute atomic E-state index is 13.5. The Bertz CT molecular complexity index is 995. The van der Waals surface area contributed by atoms with E-state index < -0.39 is 11.7 Å². The van der Waals surface area contributed by atoms with Gasteiger partial charge in [0.25, 0.3) is 0 Å². The molecule has 0 aliphatic rings. The van der Waals surface area contributed by atoms with E-state index in [9.17, 15) is 13.2 Å². The predicted molar refractivity (Wildman–Crippen MR) is 113 cm³/mol. The molecule has 0 aliphatic heterocycles. The van der Waals surface area contributed by atoms with Crippen LogP contribution in [0.25, 0.3) is 0 Å². The summed E-state index contributed by atoms with van der Waals surface area (Å²) in [5.41, 5.74) is -0.0109. The molecule has 0 atom stereocenters. The molecule has 0 amide bonds. The molecule has 0 fully saturated rings. The summed E-state index contributed by atoms with van der Waals surface area (Å²) >= 11 is 0. The van der Waals surface area contributed by atoms with Gasteiger partial charge in [-0.15, -0.1) is 0 Å². The first-order valence-electron chi connectivity index (χ1n) is 9.75. The zero-order valence-electron chi connectivity index (χ0n) is 17.2. The molecule has 2 aromatic carbocycles. The highest BCUT2D eigenvalue weighted by atomic mass is 19.4. The van der Waals surface area contributed by atoms with Crippen LogP contribution < -0.4 is 20.1 Å². The number of alkyl halides is 3. The standard InChI is InChI=1S/C22H23F3N4O2/c1-3-4-13-31-16-11-9-15(10-12-16)27-21-26-14-17(22(23,24)25)20(29-21)28-18-7-5-6-8-19(18)30-2/h5-12,14H,3-4,13H2,1-2H3,(H2,26,27,28,29). The number of nitrogens with zero attached hydrogens (tertiary/aromatic N) is 2. The molecule has 3 aromatic rings. The first kappa shape index (κ1) is 22.2. The molecule has 0 aliphatic carbocycles. The third-order valence-corrected chi connectivity index (χ3v) is 4.33. The minimum atomic E-state index is -4.62. The van der Waals surface area contributed by atoms with Gasteiger partial charge >= 0.3 is 6.18 Å². The van der Waals surface area contributed by atoms with Crippen molar-refractivity contribution in [2.24, 2.45) is 0 Å². The van der Waals surface area contributed by atoms with E-state index in [1.807, 2.05) is 0 Å². The summed E-state index contributed by atoms with van der Waals surface area (Å²) in [6, 6.07) is 13.7. The van der Waals surface area contributed by atoms with E-state index in [0.717, 1.165) is 19.0 Å². The average molecular weight is 432 g/mol. The second-order valence-electron chi connectivity index (χ2n) is 6.63. The summed E-state index contributed by atoms with van der Waals surface area (Å²) in [7, 11) is 1.44. The number of aromatic nitrogens is 2. The summed E-state index contributed by atoms with van der Waals surface area (Å²) < 4.78 is 51.2. The van der Waals surface area contributed by atoms with E-state index in [-0.39, 0.29) is 11.8 Å². The van der Waals surface area contributed by atoms with Gasteiger partial charge in [0.1, 0.15) is 22.9 Å². The highest BCUT2D eigenvalue weighted by molar-refractivity contribution is 5.67. The lowest BCUT2D eigenvalue weighted by molar-refractivity contribution is -0.137. The molecule has 3 rings (SSSR count). The van der Waals surface area contributed by atoms with Crippen LogP contribution in [-0.2, 0) is 6.18 Å². The van der Waals surface area contributed by atoms with Crippen molar-refractivity contribution in [2.75, 3.05) is 24.4 Å². The summed E-state index contributed by atoms with van der Waals surface area (Å²) in [4.78, 5) is 7.87. The Morgan fingerprint density at radius 1 is 1.00 bits per heavy atom. The molecule has 31 heavy (non-hydrogen) atoms. The van der Waals surface area contributed by atoms with E-state index in [1.165, 1.54) is 7.11 Å². The Morgan fingerprint density at radius 2 is 1.74 bits per heavy atom. The van der Waals surface area contributed by atoms with Crippen LogP contribution in [0.4, 0.5) is 36.3 Å². The Labute approximate surface area is 178 Å². The maximum atomic E-state index is 13.5. The maximum Gasteiger partial charge on any atom is 0.421 e. The fourth-order valence-corrected chi connectivity index (χ4v) is 2.72. The van der Waals surface area contributed by atoms with Gasteiger partial charge in [-0.25, -0.2) is 4.98 Å². The molecular formula is C22H23F3N4O2. The van der Waals surface area contributed by atoms with E-state index in [1.54, 1.807) is 48.5 Å². The number of rotatable bonds is 9. The third kappa shape index (κ3) is 6.00. The zero-order valence-corrected chi connectivity index (χ0v) is 17.2. The van der Waals surface area contributed by atoms with Crippen molar-refractivity contribution < 1.29 is 22.6 Å². The largest absolute Gasteiger partial charge is 0.495 e. The number of unbranched alkanes of at least 4 members (excludes halogenated alkanes) is 1. The molecule has 0 saturated heterocycles. The van der Waals surface area contributed by atoms with E-state index in [4.69, 9.17) is 9.47 Å². The minimum absolute atomic E-state index is 0.0186. The van der Waals surface area contributed by atoms with Crippen LogP contribution in [0.3, 0.4) is 0 Å². The summed E-state index contributed by atoms with van der Waals surface area (Å²) in [5, 5.41) is 5.62. The normalized spacial score (nSPS) is 11.1. The van der Waals surface area contributed by atoms with Gasteiger partial charge in [-0.3, -0.25) is 0 Å². The Morgan fingerprint density at radius 3 is 2.42 bits per heavy atom. The van der Waals surface area contributed by atoms with Crippen molar-refractivity contribution in [2.45, 2.75) is 25.9 Å². The van der Waals surface area contributed by atoms with Crippen LogP contribution in [0.5, 0.6) is 11.5 Å². The minimum Gasteiger partial charge on any atom is -0.495 e. The van der Waals surface area contributed by atoms with Crippen molar-refractivity contribution in [1.29, 1.82) is 0 Å². The number of ether oxygens (including phenoxy) is 2. The highest BCUT2D eigenvalue weighted by Gasteiger charge is 2.35. The van der Waals surface area contributed by atoms with Gasteiger partial charge in [0.2, 0.25) is 5.95 Å². The van der Waals surface area contributed by atoms with Gasteiger partial charge in [-0.2, -0.15) is 18.2 Å². The van der Waals surface area contributed by atoms with Crippen LogP contribution in [-0.4, -0.2) is 23.7 Å². The Kier molecular flexibility index (Phi) is 7.17. The Balaban J connectivity index is 1.83. The molecular weight excluding hydrogens is 409 g/mol. The van der Waals surface area contributed by atoms with Crippen LogP contribution in [0.1, 0.15) is 25.3 Å². The van der Waals surface area contributed by atoms with E-state index >= 15 is 0 Å². The molecule has 0 radical (unpaired) electrons. The molecule has 1 heterocycles. The van der Waals surface area contributed by atoms with Gasteiger partial charge in [0, 0.05) is 11.9 Å². The number of halogens is 3. The van der Waals surface area contributed by atoms with Gasteiger partial charge in [0.05, 0.1) is 19.4 Å². The number of hydrogen-bond acceptors (Lipinski definition) is 6. The molecule has 9 heteroatoms. The summed E-state index contributed by atoms with van der Waals surface area (Å²) in [6.45, 7) is 2.71. The molecule has 0 saturated carbocycles. The second kappa shape index (κ2) is 10.0. The lowest BCUT2D eigenvalue weighted by Crippen LogP contribution is -2.13. The van der Waals surface area contributed by atoms with Gasteiger partial charge in [-0.1, -0.05) is 25.5 Å². The van der Waals surface area contributed by atoms with Crippen LogP contribution in [0.15, 0.2) is 54.7 Å². The number of methoxy groups -OCH3 is 1. The lowest BCUT2D eigenvalue weighted by atomic mass is 10.2. The number of nitrogens with one attached hydrogen (secondary N) is 2. The fourth-order valence-electron chi connectivity index (χ4n) is 2.72. The zero-order chi connectivity index (χ0) is 22.3. The quantitative estimate of drug-likeness (QED) is 0.394. The smallest absolute Gasteiger partial charge is 0.421 e. The molecule has 2 N–H and O–H groups in total. The molecule has 0 unspecified atom stereocenters. The summed E-state index contributed by atoms with van der Waals surface area (Å²) in [6.07, 6.45) is -1.88. The lowest BCUT2D eigenvalue weighted by Gasteiger charge is -2.16. The third-order valence-electron chi connectivity index (χ3n) is 4.33. The fraction of sp³-hybridized carbons (Fsp3) is 0.273. The van der Waals surface area contributed by atoms with Crippen molar-refractivity contribution in [3.05, 3.63) is 60.3 Å². The Hall–Kier alpha value is -3.49. The molecule has 6 nitrogen and oxygen atoms in total. The van der Waals surface area contributed by atoms with Crippen LogP contribution >= 0.6 is 0 Å².